The van der Waals surface area contributed by atoms with Gasteiger partial charge in [-0.2, -0.15) is 0 Å². The second kappa shape index (κ2) is 4.72. The SMILES string of the molecule is CCCC(C)(Nc1ncccn1)C(=O)O. The van der Waals surface area contributed by atoms with E-state index in [0.717, 1.165) is 6.42 Å². The summed E-state index contributed by atoms with van der Waals surface area (Å²) in [5.41, 5.74) is -1.00. The normalized spacial score (nSPS) is 14.3. The van der Waals surface area contributed by atoms with Crippen molar-refractivity contribution in [2.24, 2.45) is 0 Å². The zero-order valence-corrected chi connectivity index (χ0v) is 8.90. The van der Waals surface area contributed by atoms with E-state index in [1.807, 2.05) is 6.92 Å². The Bertz CT molecular complexity index is 329. The largest absolute Gasteiger partial charge is 0.480 e. The van der Waals surface area contributed by atoms with Crippen LogP contribution in [0.15, 0.2) is 18.5 Å². The van der Waals surface area contributed by atoms with Crippen molar-refractivity contribution in [1.29, 1.82) is 0 Å². The summed E-state index contributed by atoms with van der Waals surface area (Å²) in [6.45, 7) is 3.57. The van der Waals surface area contributed by atoms with Gasteiger partial charge in [0.1, 0.15) is 5.54 Å². The van der Waals surface area contributed by atoms with E-state index >= 15 is 0 Å². The zero-order valence-electron chi connectivity index (χ0n) is 8.90. The molecule has 0 aromatic carbocycles. The van der Waals surface area contributed by atoms with Gasteiger partial charge in [0.05, 0.1) is 0 Å². The molecule has 1 aromatic rings. The van der Waals surface area contributed by atoms with Crippen molar-refractivity contribution in [1.82, 2.24) is 9.97 Å². The number of nitrogens with one attached hydrogen (secondary N) is 1. The lowest BCUT2D eigenvalue weighted by atomic mass is 9.97. The van der Waals surface area contributed by atoms with Gasteiger partial charge < -0.3 is 10.4 Å². The number of aromatic nitrogens is 2. The summed E-state index contributed by atoms with van der Waals surface area (Å²) in [5.74, 6) is -0.548. The number of rotatable bonds is 5. The van der Waals surface area contributed by atoms with Crippen molar-refractivity contribution in [2.75, 3.05) is 5.32 Å². The van der Waals surface area contributed by atoms with Crippen molar-refractivity contribution >= 4 is 11.9 Å². The maximum Gasteiger partial charge on any atom is 0.329 e. The van der Waals surface area contributed by atoms with Crippen molar-refractivity contribution in [2.45, 2.75) is 32.2 Å². The van der Waals surface area contributed by atoms with Gasteiger partial charge >= 0.3 is 5.97 Å². The molecule has 0 bridgehead atoms. The highest BCUT2D eigenvalue weighted by atomic mass is 16.4. The summed E-state index contributed by atoms with van der Waals surface area (Å²) in [4.78, 5) is 19.0. The molecule has 1 unspecified atom stereocenters. The molecule has 0 aliphatic heterocycles. The lowest BCUT2D eigenvalue weighted by Gasteiger charge is -2.25. The van der Waals surface area contributed by atoms with E-state index in [0.29, 0.717) is 12.4 Å². The first kappa shape index (κ1) is 11.4. The molecule has 0 fully saturated rings. The van der Waals surface area contributed by atoms with Gasteiger partial charge in [0.15, 0.2) is 0 Å². The van der Waals surface area contributed by atoms with Gasteiger partial charge in [0.25, 0.3) is 0 Å². The number of carbonyl (C=O) groups is 1. The molecule has 0 saturated heterocycles. The Balaban J connectivity index is 2.80. The Morgan fingerprint density at radius 3 is 2.60 bits per heavy atom. The van der Waals surface area contributed by atoms with E-state index < -0.39 is 11.5 Å². The summed E-state index contributed by atoms with van der Waals surface area (Å²) in [7, 11) is 0. The van der Waals surface area contributed by atoms with Crippen LogP contribution in [0.5, 0.6) is 0 Å². The minimum Gasteiger partial charge on any atom is -0.480 e. The van der Waals surface area contributed by atoms with Crippen LogP contribution in [-0.2, 0) is 4.79 Å². The van der Waals surface area contributed by atoms with E-state index in [1.165, 1.54) is 0 Å². The van der Waals surface area contributed by atoms with Crippen LogP contribution in [0.3, 0.4) is 0 Å². The molecule has 1 atom stereocenters. The van der Waals surface area contributed by atoms with Crippen LogP contribution in [0.1, 0.15) is 26.7 Å². The average molecular weight is 209 g/mol. The summed E-state index contributed by atoms with van der Waals surface area (Å²) in [6, 6.07) is 1.68. The lowest BCUT2D eigenvalue weighted by molar-refractivity contribution is -0.142. The van der Waals surface area contributed by atoms with E-state index in [9.17, 15) is 4.79 Å². The van der Waals surface area contributed by atoms with Crippen molar-refractivity contribution in [3.63, 3.8) is 0 Å². The minimum absolute atomic E-state index is 0.343. The Kier molecular flexibility index (Phi) is 3.60. The number of carboxylic acids is 1. The second-order valence-corrected chi connectivity index (χ2v) is 3.58. The fourth-order valence-corrected chi connectivity index (χ4v) is 1.33. The molecule has 0 amide bonds. The van der Waals surface area contributed by atoms with Gasteiger partial charge in [-0.3, -0.25) is 0 Å². The van der Waals surface area contributed by atoms with Gasteiger partial charge in [-0.15, -0.1) is 0 Å². The van der Waals surface area contributed by atoms with E-state index in [2.05, 4.69) is 15.3 Å². The number of hydrogen-bond acceptors (Lipinski definition) is 4. The number of carboxylic acid groups (broad SMARTS) is 1. The molecule has 5 nitrogen and oxygen atoms in total. The van der Waals surface area contributed by atoms with Crippen LogP contribution >= 0.6 is 0 Å². The first-order valence-corrected chi connectivity index (χ1v) is 4.87. The van der Waals surface area contributed by atoms with Gasteiger partial charge in [0.2, 0.25) is 5.95 Å². The molecular formula is C10H15N3O2. The molecule has 0 aliphatic rings. The van der Waals surface area contributed by atoms with Gasteiger partial charge in [-0.25, -0.2) is 14.8 Å². The topological polar surface area (TPSA) is 75.1 Å². The number of anilines is 1. The first-order chi connectivity index (χ1) is 7.08. The molecule has 1 aromatic heterocycles. The number of aliphatic carboxylic acids is 1. The summed E-state index contributed by atoms with van der Waals surface area (Å²) in [5, 5.41) is 11.9. The molecule has 0 aliphatic carbocycles. The summed E-state index contributed by atoms with van der Waals surface area (Å²) in [6.07, 6.45) is 4.45. The van der Waals surface area contributed by atoms with E-state index in [4.69, 9.17) is 5.11 Å². The van der Waals surface area contributed by atoms with Gasteiger partial charge in [-0.1, -0.05) is 13.3 Å². The average Bonchev–Trinajstić information content (AvgIpc) is 2.19. The van der Waals surface area contributed by atoms with Crippen LogP contribution < -0.4 is 5.32 Å². The van der Waals surface area contributed by atoms with Crippen LogP contribution in [0.2, 0.25) is 0 Å². The Hall–Kier alpha value is -1.65. The zero-order chi connectivity index (χ0) is 11.3. The molecule has 0 spiro atoms. The van der Waals surface area contributed by atoms with Crippen molar-refractivity contribution in [3.05, 3.63) is 18.5 Å². The van der Waals surface area contributed by atoms with E-state index in [-0.39, 0.29) is 0 Å². The highest BCUT2D eigenvalue weighted by Crippen LogP contribution is 2.17. The lowest BCUT2D eigenvalue weighted by Crippen LogP contribution is -2.43. The molecule has 5 heteroatoms. The first-order valence-electron chi connectivity index (χ1n) is 4.87. The monoisotopic (exact) mass is 209 g/mol. The van der Waals surface area contributed by atoms with Gasteiger partial charge in [-0.05, 0) is 19.4 Å². The predicted octanol–water partition coefficient (Wildman–Crippen LogP) is 1.53. The Labute approximate surface area is 88.6 Å². The van der Waals surface area contributed by atoms with Crippen LogP contribution in [0.25, 0.3) is 0 Å². The highest BCUT2D eigenvalue weighted by molar-refractivity contribution is 5.81. The Morgan fingerprint density at radius 2 is 2.13 bits per heavy atom. The minimum atomic E-state index is -1.00. The maximum atomic E-state index is 11.1. The summed E-state index contributed by atoms with van der Waals surface area (Å²) >= 11 is 0. The maximum absolute atomic E-state index is 11.1. The summed E-state index contributed by atoms with van der Waals surface area (Å²) < 4.78 is 0. The van der Waals surface area contributed by atoms with Crippen LogP contribution in [-0.4, -0.2) is 26.6 Å². The fourth-order valence-electron chi connectivity index (χ4n) is 1.33. The molecule has 0 saturated carbocycles. The van der Waals surface area contributed by atoms with Gasteiger partial charge in [0, 0.05) is 12.4 Å². The molecule has 1 rings (SSSR count). The van der Waals surface area contributed by atoms with Crippen LogP contribution in [0, 0.1) is 0 Å². The third kappa shape index (κ3) is 2.90. The third-order valence-corrected chi connectivity index (χ3v) is 2.18. The smallest absolute Gasteiger partial charge is 0.329 e. The van der Waals surface area contributed by atoms with E-state index in [1.54, 1.807) is 25.4 Å². The number of nitrogens with zero attached hydrogens (tertiary/aromatic N) is 2. The molecule has 2 N–H and O–H groups in total. The predicted molar refractivity (Wildman–Crippen MR) is 56.6 cm³/mol. The standard InChI is InChI=1S/C10H15N3O2/c1-3-5-10(2,8(14)15)13-9-11-6-4-7-12-9/h4,6-7H,3,5H2,1-2H3,(H,14,15)(H,11,12,13). The third-order valence-electron chi connectivity index (χ3n) is 2.18. The highest BCUT2D eigenvalue weighted by Gasteiger charge is 2.32. The molecule has 15 heavy (non-hydrogen) atoms. The van der Waals surface area contributed by atoms with Crippen LogP contribution in [0.4, 0.5) is 5.95 Å². The number of hydrogen-bond donors (Lipinski definition) is 2. The molecule has 0 radical (unpaired) electrons. The van der Waals surface area contributed by atoms with Crippen molar-refractivity contribution in [3.8, 4) is 0 Å². The fraction of sp³-hybridized carbons (Fsp3) is 0.500. The van der Waals surface area contributed by atoms with Crippen molar-refractivity contribution < 1.29 is 9.90 Å². The molecule has 82 valence electrons. The Morgan fingerprint density at radius 1 is 1.53 bits per heavy atom. The second-order valence-electron chi connectivity index (χ2n) is 3.58. The molecular weight excluding hydrogens is 194 g/mol. The quantitative estimate of drug-likeness (QED) is 0.769. The molecule has 1 heterocycles.